The summed E-state index contributed by atoms with van der Waals surface area (Å²) in [6.45, 7) is 12.6. The summed E-state index contributed by atoms with van der Waals surface area (Å²) in [6, 6.07) is 1.66. The number of carbonyl (C=O) groups excluding carboxylic acids is 2. The SMILES string of the molecule is CC(=O)c1cnc2cc(C(=O)NC(C)(C)CN3CCC[C@@H](C)C3)nn2c1C. The number of aryl methyl sites for hydroxylation is 1. The average molecular weight is 371 g/mol. The van der Waals surface area contributed by atoms with E-state index in [2.05, 4.69) is 27.2 Å². The number of hydrogen-bond acceptors (Lipinski definition) is 5. The van der Waals surface area contributed by atoms with Gasteiger partial charge in [0.2, 0.25) is 0 Å². The molecule has 2 aromatic heterocycles. The van der Waals surface area contributed by atoms with Gasteiger partial charge in [-0.25, -0.2) is 9.50 Å². The maximum atomic E-state index is 12.8. The van der Waals surface area contributed by atoms with E-state index in [1.165, 1.54) is 26.0 Å². The van der Waals surface area contributed by atoms with Gasteiger partial charge < -0.3 is 10.2 Å². The first-order valence-electron chi connectivity index (χ1n) is 9.57. The summed E-state index contributed by atoms with van der Waals surface area (Å²) in [5, 5.41) is 7.48. The van der Waals surface area contributed by atoms with Crippen LogP contribution in [0.1, 0.15) is 67.1 Å². The Hall–Kier alpha value is -2.28. The quantitative estimate of drug-likeness (QED) is 0.817. The van der Waals surface area contributed by atoms with Gasteiger partial charge in [0.1, 0.15) is 0 Å². The van der Waals surface area contributed by atoms with Crippen molar-refractivity contribution < 1.29 is 9.59 Å². The second-order valence-corrected chi connectivity index (χ2v) is 8.43. The third kappa shape index (κ3) is 4.35. The number of amides is 1. The molecule has 1 saturated heterocycles. The summed E-state index contributed by atoms with van der Waals surface area (Å²) in [4.78, 5) is 31.1. The zero-order valence-corrected chi connectivity index (χ0v) is 16.9. The molecule has 1 aliphatic rings. The van der Waals surface area contributed by atoms with Crippen molar-refractivity contribution in [1.29, 1.82) is 0 Å². The van der Waals surface area contributed by atoms with Crippen molar-refractivity contribution in [3.05, 3.63) is 29.2 Å². The summed E-state index contributed by atoms with van der Waals surface area (Å²) in [7, 11) is 0. The standard InChI is InChI=1S/C20H29N5O2/c1-13-7-6-8-24(11-13)12-20(4,5)22-19(27)17-9-18-21-10-16(15(3)26)14(2)25(18)23-17/h9-10,13H,6-8,11-12H2,1-5H3,(H,22,27)/t13-/m1/s1. The van der Waals surface area contributed by atoms with Gasteiger partial charge in [0, 0.05) is 30.9 Å². The summed E-state index contributed by atoms with van der Waals surface area (Å²) < 4.78 is 1.56. The van der Waals surface area contributed by atoms with Crippen LogP contribution >= 0.6 is 0 Å². The Balaban J connectivity index is 1.75. The number of nitrogens with one attached hydrogen (secondary N) is 1. The van der Waals surface area contributed by atoms with Gasteiger partial charge in [-0.2, -0.15) is 5.10 Å². The predicted octanol–water partition coefficient (Wildman–Crippen LogP) is 2.48. The van der Waals surface area contributed by atoms with E-state index >= 15 is 0 Å². The lowest BCUT2D eigenvalue weighted by molar-refractivity contribution is 0.0857. The fourth-order valence-corrected chi connectivity index (χ4v) is 3.91. The molecule has 0 bridgehead atoms. The van der Waals surface area contributed by atoms with Crippen LogP contribution in [0.4, 0.5) is 0 Å². The molecule has 7 nitrogen and oxygen atoms in total. The maximum absolute atomic E-state index is 12.8. The molecule has 0 saturated carbocycles. The van der Waals surface area contributed by atoms with Gasteiger partial charge in [-0.1, -0.05) is 6.92 Å². The first-order chi connectivity index (χ1) is 12.7. The molecule has 3 heterocycles. The molecule has 0 unspecified atom stereocenters. The van der Waals surface area contributed by atoms with Gasteiger partial charge in [0.25, 0.3) is 5.91 Å². The summed E-state index contributed by atoms with van der Waals surface area (Å²) in [6.07, 6.45) is 4.03. The van der Waals surface area contributed by atoms with E-state index in [4.69, 9.17) is 0 Å². The zero-order valence-electron chi connectivity index (χ0n) is 16.9. The highest BCUT2D eigenvalue weighted by molar-refractivity contribution is 5.96. The normalized spacial score (nSPS) is 18.6. The largest absolute Gasteiger partial charge is 0.344 e. The number of hydrogen-bond donors (Lipinski definition) is 1. The van der Waals surface area contributed by atoms with Crippen LogP contribution in [0.3, 0.4) is 0 Å². The van der Waals surface area contributed by atoms with Crippen LogP contribution in [-0.4, -0.2) is 56.4 Å². The fourth-order valence-electron chi connectivity index (χ4n) is 3.91. The van der Waals surface area contributed by atoms with Crippen molar-refractivity contribution in [1.82, 2.24) is 24.8 Å². The highest BCUT2D eigenvalue weighted by Gasteiger charge is 2.28. The van der Waals surface area contributed by atoms with Crippen LogP contribution in [0, 0.1) is 12.8 Å². The number of fused-ring (bicyclic) bond motifs is 1. The first-order valence-corrected chi connectivity index (χ1v) is 9.57. The Morgan fingerprint density at radius 3 is 2.78 bits per heavy atom. The average Bonchev–Trinajstić information content (AvgIpc) is 2.99. The smallest absolute Gasteiger partial charge is 0.272 e. The van der Waals surface area contributed by atoms with Gasteiger partial charge in [-0.3, -0.25) is 9.59 Å². The topological polar surface area (TPSA) is 79.6 Å². The maximum Gasteiger partial charge on any atom is 0.272 e. The Bertz CT molecular complexity index is 871. The summed E-state index contributed by atoms with van der Waals surface area (Å²) >= 11 is 0. The third-order valence-electron chi connectivity index (χ3n) is 5.15. The second-order valence-electron chi connectivity index (χ2n) is 8.43. The molecule has 27 heavy (non-hydrogen) atoms. The number of Topliss-reactive ketones (excluding diaryl/α,β-unsaturated/α-hetero) is 1. The minimum absolute atomic E-state index is 0.0692. The lowest BCUT2D eigenvalue weighted by Gasteiger charge is -2.37. The summed E-state index contributed by atoms with van der Waals surface area (Å²) in [5.41, 5.74) is 1.71. The Morgan fingerprint density at radius 1 is 1.37 bits per heavy atom. The minimum Gasteiger partial charge on any atom is -0.344 e. The van der Waals surface area contributed by atoms with Gasteiger partial charge >= 0.3 is 0 Å². The van der Waals surface area contributed by atoms with Crippen LogP contribution in [-0.2, 0) is 0 Å². The lowest BCUT2D eigenvalue weighted by atomic mass is 9.97. The Kier molecular flexibility index (Phi) is 5.33. The van der Waals surface area contributed by atoms with E-state index in [1.54, 1.807) is 10.6 Å². The molecule has 2 aromatic rings. The van der Waals surface area contributed by atoms with E-state index in [-0.39, 0.29) is 17.2 Å². The number of piperidine rings is 1. The molecule has 0 aliphatic carbocycles. The molecule has 0 spiro atoms. The highest BCUT2D eigenvalue weighted by Crippen LogP contribution is 2.18. The third-order valence-corrected chi connectivity index (χ3v) is 5.15. The van der Waals surface area contributed by atoms with Crippen molar-refractivity contribution >= 4 is 17.3 Å². The number of ketones is 1. The van der Waals surface area contributed by atoms with Crippen molar-refractivity contribution in [2.45, 2.75) is 53.0 Å². The van der Waals surface area contributed by atoms with Crippen molar-refractivity contribution in [2.24, 2.45) is 5.92 Å². The molecule has 1 aliphatic heterocycles. The molecule has 3 rings (SSSR count). The predicted molar refractivity (Wildman–Crippen MR) is 104 cm³/mol. The van der Waals surface area contributed by atoms with Crippen LogP contribution in [0.15, 0.2) is 12.3 Å². The van der Waals surface area contributed by atoms with E-state index in [1.807, 2.05) is 20.8 Å². The van der Waals surface area contributed by atoms with Gasteiger partial charge in [0.05, 0.1) is 11.3 Å². The van der Waals surface area contributed by atoms with Crippen molar-refractivity contribution in [3.8, 4) is 0 Å². The Labute approximate surface area is 160 Å². The molecule has 7 heteroatoms. The lowest BCUT2D eigenvalue weighted by Crippen LogP contribution is -2.53. The van der Waals surface area contributed by atoms with E-state index in [0.29, 0.717) is 28.5 Å². The molecular weight excluding hydrogens is 342 g/mol. The highest BCUT2D eigenvalue weighted by atomic mass is 16.2. The van der Waals surface area contributed by atoms with E-state index in [0.717, 1.165) is 19.6 Å². The van der Waals surface area contributed by atoms with E-state index < -0.39 is 0 Å². The number of carbonyl (C=O) groups is 2. The van der Waals surface area contributed by atoms with Crippen molar-refractivity contribution in [2.75, 3.05) is 19.6 Å². The fraction of sp³-hybridized carbons (Fsp3) is 0.600. The molecule has 1 fully saturated rings. The Morgan fingerprint density at radius 2 is 2.11 bits per heavy atom. The van der Waals surface area contributed by atoms with Gasteiger partial charge in [-0.15, -0.1) is 0 Å². The van der Waals surface area contributed by atoms with Crippen LogP contribution < -0.4 is 5.32 Å². The van der Waals surface area contributed by atoms with E-state index in [9.17, 15) is 9.59 Å². The van der Waals surface area contributed by atoms with Gasteiger partial charge in [0.15, 0.2) is 17.1 Å². The molecular formula is C20H29N5O2. The molecule has 146 valence electrons. The molecule has 1 atom stereocenters. The summed E-state index contributed by atoms with van der Waals surface area (Å²) in [5.74, 6) is 0.410. The zero-order chi connectivity index (χ0) is 19.8. The van der Waals surface area contributed by atoms with Crippen LogP contribution in [0.25, 0.3) is 5.65 Å². The number of rotatable bonds is 5. The number of aromatic nitrogens is 3. The second kappa shape index (κ2) is 7.38. The number of likely N-dealkylation sites (tertiary alicyclic amines) is 1. The first kappa shape index (κ1) is 19.5. The van der Waals surface area contributed by atoms with Crippen LogP contribution in [0.2, 0.25) is 0 Å². The monoisotopic (exact) mass is 371 g/mol. The van der Waals surface area contributed by atoms with Gasteiger partial charge in [-0.05, 0) is 53.0 Å². The number of nitrogens with zero attached hydrogens (tertiary/aromatic N) is 4. The molecule has 0 aromatic carbocycles. The molecule has 1 amide bonds. The van der Waals surface area contributed by atoms with Crippen LogP contribution in [0.5, 0.6) is 0 Å². The molecule has 1 N–H and O–H groups in total. The van der Waals surface area contributed by atoms with Crippen molar-refractivity contribution in [3.63, 3.8) is 0 Å². The molecule has 0 radical (unpaired) electrons. The minimum atomic E-state index is -0.364.